The van der Waals surface area contributed by atoms with Gasteiger partial charge in [0.25, 0.3) is 0 Å². The van der Waals surface area contributed by atoms with Gasteiger partial charge in [0.05, 0.1) is 27.9 Å². The maximum absolute atomic E-state index is 13.4. The Morgan fingerprint density at radius 1 is 1.03 bits per heavy atom. The summed E-state index contributed by atoms with van der Waals surface area (Å²) < 4.78 is 6.23. The number of carbonyl (C=O) groups is 3. The Hall–Kier alpha value is -2.54. The lowest BCUT2D eigenvalue weighted by atomic mass is 10.1. The molecule has 0 spiro atoms. The fourth-order valence-electron chi connectivity index (χ4n) is 2.93. The molecule has 0 aliphatic rings. The van der Waals surface area contributed by atoms with Crippen molar-refractivity contribution < 1.29 is 19.1 Å². The zero-order valence-corrected chi connectivity index (χ0v) is 17.7. The molecule has 0 saturated heterocycles. The minimum absolute atomic E-state index is 0.0747. The van der Waals surface area contributed by atoms with Crippen molar-refractivity contribution in [2.24, 2.45) is 0 Å². The molecule has 1 aromatic heterocycles. The van der Waals surface area contributed by atoms with Gasteiger partial charge in [-0.15, -0.1) is 0 Å². The topological polar surface area (TPSA) is 77.4 Å². The molecule has 3 aromatic rings. The van der Waals surface area contributed by atoms with Gasteiger partial charge in [-0.1, -0.05) is 34.8 Å². The highest BCUT2D eigenvalue weighted by Crippen LogP contribution is 2.35. The third-order valence-corrected chi connectivity index (χ3v) is 5.05. The number of anilines is 1. The number of halogens is 3. The minimum atomic E-state index is -0.778. The third kappa shape index (κ3) is 4.10. The number of rotatable bonds is 4. The van der Waals surface area contributed by atoms with Crippen molar-refractivity contribution in [2.75, 3.05) is 11.9 Å². The minimum Gasteiger partial charge on any atom is -0.449 e. The van der Waals surface area contributed by atoms with Gasteiger partial charge in [-0.3, -0.25) is 9.59 Å². The molecule has 1 amide bonds. The number of amides is 1. The lowest BCUT2D eigenvalue weighted by molar-refractivity contribution is -0.114. The molecule has 150 valence electrons. The number of ketones is 1. The highest BCUT2D eigenvalue weighted by Gasteiger charge is 2.29. The first-order valence-corrected chi connectivity index (χ1v) is 9.66. The Morgan fingerprint density at radius 2 is 1.76 bits per heavy atom. The molecule has 0 saturated carbocycles. The van der Waals surface area contributed by atoms with Gasteiger partial charge in [0.15, 0.2) is 0 Å². The molecule has 0 aliphatic carbocycles. The lowest BCUT2D eigenvalue weighted by Crippen LogP contribution is -2.21. The molecular weight excluding hydrogens is 439 g/mol. The van der Waals surface area contributed by atoms with Crippen molar-refractivity contribution in [1.29, 1.82) is 0 Å². The quantitative estimate of drug-likeness (QED) is 0.507. The Bertz CT molecular complexity index is 1150. The molecule has 29 heavy (non-hydrogen) atoms. The van der Waals surface area contributed by atoms with Gasteiger partial charge in [0, 0.05) is 22.9 Å². The molecule has 9 heteroatoms. The zero-order chi connectivity index (χ0) is 21.3. The van der Waals surface area contributed by atoms with Crippen molar-refractivity contribution in [3.8, 4) is 0 Å². The predicted octanol–water partition coefficient (Wildman–Crippen LogP) is 5.80. The summed E-state index contributed by atoms with van der Waals surface area (Å²) >= 11 is 18.1. The fraction of sp³-hybridized carbons (Fsp3) is 0.150. The van der Waals surface area contributed by atoms with E-state index in [9.17, 15) is 14.4 Å². The summed E-state index contributed by atoms with van der Waals surface area (Å²) in [5, 5.41) is 3.91. The Kier molecular flexibility index (Phi) is 6.17. The van der Waals surface area contributed by atoms with Gasteiger partial charge in [-0.2, -0.15) is 0 Å². The van der Waals surface area contributed by atoms with E-state index in [0.717, 1.165) is 4.57 Å². The van der Waals surface area contributed by atoms with Crippen molar-refractivity contribution in [3.05, 3.63) is 62.7 Å². The first-order valence-electron chi connectivity index (χ1n) is 8.53. The van der Waals surface area contributed by atoms with Gasteiger partial charge in [-0.05, 0) is 43.3 Å². The highest BCUT2D eigenvalue weighted by atomic mass is 35.5. The number of benzene rings is 2. The maximum Gasteiger partial charge on any atom is 0.419 e. The van der Waals surface area contributed by atoms with Gasteiger partial charge in [-0.25, -0.2) is 9.36 Å². The number of fused-ring (bicyclic) bond motifs is 1. The second kappa shape index (κ2) is 8.45. The number of nitrogens with zero attached hydrogens (tertiary/aromatic N) is 1. The number of hydrogen-bond acceptors (Lipinski definition) is 4. The van der Waals surface area contributed by atoms with E-state index < -0.39 is 17.8 Å². The van der Waals surface area contributed by atoms with E-state index in [4.69, 9.17) is 39.5 Å². The van der Waals surface area contributed by atoms with E-state index in [1.165, 1.54) is 31.2 Å². The average Bonchev–Trinajstić information content (AvgIpc) is 2.96. The molecule has 1 heterocycles. The summed E-state index contributed by atoms with van der Waals surface area (Å²) in [5.74, 6) is -0.960. The largest absolute Gasteiger partial charge is 0.449 e. The fourth-order valence-corrected chi connectivity index (χ4v) is 3.39. The molecule has 3 rings (SSSR count). The SMILES string of the molecule is CCOC(=O)n1c(C(=O)c2ccc(Cl)c(Cl)c2)c(NC(C)=O)c2ccc(Cl)cc21. The van der Waals surface area contributed by atoms with Crippen LogP contribution in [0.5, 0.6) is 0 Å². The smallest absolute Gasteiger partial charge is 0.419 e. The van der Waals surface area contributed by atoms with Crippen LogP contribution in [0.25, 0.3) is 10.9 Å². The first-order chi connectivity index (χ1) is 13.7. The molecule has 1 N–H and O–H groups in total. The zero-order valence-electron chi connectivity index (χ0n) is 15.4. The second-order valence-electron chi connectivity index (χ2n) is 6.06. The lowest BCUT2D eigenvalue weighted by Gasteiger charge is -2.11. The van der Waals surface area contributed by atoms with Crippen LogP contribution in [0.15, 0.2) is 36.4 Å². The van der Waals surface area contributed by atoms with E-state index in [1.807, 2.05) is 0 Å². The summed E-state index contributed by atoms with van der Waals surface area (Å²) in [4.78, 5) is 37.9. The van der Waals surface area contributed by atoms with Gasteiger partial charge < -0.3 is 10.1 Å². The van der Waals surface area contributed by atoms with Crippen molar-refractivity contribution in [3.63, 3.8) is 0 Å². The molecule has 0 aliphatic heterocycles. The summed E-state index contributed by atoms with van der Waals surface area (Å²) in [6, 6.07) is 9.08. The predicted molar refractivity (Wildman–Crippen MR) is 114 cm³/mol. The van der Waals surface area contributed by atoms with Gasteiger partial charge in [0.2, 0.25) is 11.7 Å². The summed E-state index contributed by atoms with van der Waals surface area (Å²) in [6.45, 7) is 3.04. The second-order valence-corrected chi connectivity index (χ2v) is 7.31. The Morgan fingerprint density at radius 3 is 2.38 bits per heavy atom. The van der Waals surface area contributed by atoms with Crippen molar-refractivity contribution in [1.82, 2.24) is 4.57 Å². The maximum atomic E-state index is 13.4. The molecule has 6 nitrogen and oxygen atoms in total. The van der Waals surface area contributed by atoms with Crippen LogP contribution in [-0.2, 0) is 9.53 Å². The molecule has 2 aromatic carbocycles. The highest BCUT2D eigenvalue weighted by molar-refractivity contribution is 6.42. The average molecular weight is 454 g/mol. The Labute approximate surface area is 181 Å². The van der Waals surface area contributed by atoms with Crippen LogP contribution in [0.2, 0.25) is 15.1 Å². The molecule has 0 unspecified atom stereocenters. The van der Waals surface area contributed by atoms with E-state index in [-0.39, 0.29) is 33.6 Å². The number of ether oxygens (including phenoxy) is 1. The summed E-state index contributed by atoms with van der Waals surface area (Å²) in [5.41, 5.74) is 0.608. The van der Waals surface area contributed by atoms with Crippen LogP contribution < -0.4 is 5.32 Å². The number of carbonyl (C=O) groups excluding carboxylic acids is 3. The van der Waals surface area contributed by atoms with E-state index in [2.05, 4.69) is 5.32 Å². The van der Waals surface area contributed by atoms with Crippen LogP contribution in [0, 0.1) is 0 Å². The monoisotopic (exact) mass is 452 g/mol. The van der Waals surface area contributed by atoms with Gasteiger partial charge >= 0.3 is 6.09 Å². The summed E-state index contributed by atoms with van der Waals surface area (Å²) in [7, 11) is 0. The number of hydrogen-bond donors (Lipinski definition) is 1. The van der Waals surface area contributed by atoms with Crippen molar-refractivity contribution >= 4 is 69.2 Å². The van der Waals surface area contributed by atoms with Crippen LogP contribution in [0.1, 0.15) is 29.9 Å². The molecule has 0 atom stereocenters. The number of nitrogens with one attached hydrogen (secondary N) is 1. The number of aromatic nitrogens is 1. The van der Waals surface area contributed by atoms with Crippen LogP contribution >= 0.6 is 34.8 Å². The molecular formula is C20H15Cl3N2O4. The van der Waals surface area contributed by atoms with Crippen LogP contribution in [-0.4, -0.2) is 29.0 Å². The van der Waals surface area contributed by atoms with E-state index >= 15 is 0 Å². The first kappa shape index (κ1) is 21.2. The standard InChI is InChI=1S/C20H15Cl3N2O4/c1-3-29-20(28)25-16-9-12(21)5-6-13(16)17(24-10(2)26)18(25)19(27)11-4-7-14(22)15(23)8-11/h4-9H,3H2,1-2H3,(H,24,26). The summed E-state index contributed by atoms with van der Waals surface area (Å²) in [6.07, 6.45) is -0.778. The molecule has 0 radical (unpaired) electrons. The normalized spacial score (nSPS) is 10.8. The third-order valence-electron chi connectivity index (χ3n) is 4.08. The van der Waals surface area contributed by atoms with Gasteiger partial charge in [0.1, 0.15) is 5.69 Å². The van der Waals surface area contributed by atoms with E-state index in [0.29, 0.717) is 15.9 Å². The van der Waals surface area contributed by atoms with Crippen LogP contribution in [0.3, 0.4) is 0 Å². The van der Waals surface area contributed by atoms with Crippen LogP contribution in [0.4, 0.5) is 10.5 Å². The Balaban J connectivity index is 2.36. The van der Waals surface area contributed by atoms with E-state index in [1.54, 1.807) is 19.1 Å². The molecule has 0 fully saturated rings. The molecule has 0 bridgehead atoms. The van der Waals surface area contributed by atoms with Crippen molar-refractivity contribution in [2.45, 2.75) is 13.8 Å².